The van der Waals surface area contributed by atoms with Crippen LogP contribution in [0, 0.1) is 12.8 Å². The van der Waals surface area contributed by atoms with Gasteiger partial charge in [-0.15, -0.1) is 0 Å². The Morgan fingerprint density at radius 1 is 1.53 bits per heavy atom. The van der Waals surface area contributed by atoms with E-state index in [2.05, 4.69) is 39.8 Å². The zero-order valence-electron chi connectivity index (χ0n) is 11.2. The molecule has 0 radical (unpaired) electrons. The van der Waals surface area contributed by atoms with Gasteiger partial charge in [-0.25, -0.2) is 4.98 Å². The summed E-state index contributed by atoms with van der Waals surface area (Å²) in [6.45, 7) is 8.66. The van der Waals surface area contributed by atoms with Gasteiger partial charge in [-0.3, -0.25) is 0 Å². The Morgan fingerprint density at radius 2 is 2.35 bits per heavy atom. The molecule has 1 atom stereocenters. The van der Waals surface area contributed by atoms with Gasteiger partial charge < -0.3 is 14.8 Å². The second-order valence-electron chi connectivity index (χ2n) is 4.98. The fourth-order valence-electron chi connectivity index (χ4n) is 2.72. The van der Waals surface area contributed by atoms with Crippen molar-refractivity contribution in [2.75, 3.05) is 31.6 Å². The minimum absolute atomic E-state index is 0.760. The van der Waals surface area contributed by atoms with Crippen LogP contribution in [0.1, 0.15) is 25.5 Å². The van der Waals surface area contributed by atoms with Crippen molar-refractivity contribution in [1.82, 2.24) is 14.9 Å². The molecule has 1 aromatic heterocycles. The average Bonchev–Trinajstić information content (AvgIpc) is 2.71. The molecule has 0 saturated carbocycles. The van der Waals surface area contributed by atoms with Gasteiger partial charge in [0.25, 0.3) is 0 Å². The molecule has 1 aliphatic heterocycles. The standard InChI is InChI=1S/C13H24N4/c1-4-16-9-11(2)15-13(16)17-7-5-6-12(10-17)8-14-3/h9,12,14H,4-8,10H2,1-3H3. The number of hydrogen-bond donors (Lipinski definition) is 1. The number of hydrogen-bond acceptors (Lipinski definition) is 3. The van der Waals surface area contributed by atoms with Crippen LogP contribution in [0.15, 0.2) is 6.20 Å². The third kappa shape index (κ3) is 2.80. The first kappa shape index (κ1) is 12.4. The number of nitrogens with zero attached hydrogens (tertiary/aromatic N) is 3. The first-order chi connectivity index (χ1) is 8.24. The molecule has 4 nitrogen and oxygen atoms in total. The first-order valence-corrected chi connectivity index (χ1v) is 6.68. The van der Waals surface area contributed by atoms with E-state index in [1.807, 2.05) is 7.05 Å². The van der Waals surface area contributed by atoms with Crippen LogP contribution in [0.4, 0.5) is 5.95 Å². The topological polar surface area (TPSA) is 33.1 Å². The quantitative estimate of drug-likeness (QED) is 0.863. The van der Waals surface area contributed by atoms with E-state index in [0.29, 0.717) is 0 Å². The molecular formula is C13H24N4. The number of aryl methyl sites for hydroxylation is 2. The normalized spacial score (nSPS) is 20.9. The van der Waals surface area contributed by atoms with Gasteiger partial charge in [0, 0.05) is 25.8 Å². The molecule has 1 N–H and O–H groups in total. The van der Waals surface area contributed by atoms with Crippen molar-refractivity contribution < 1.29 is 0 Å². The van der Waals surface area contributed by atoms with Gasteiger partial charge in [0.15, 0.2) is 0 Å². The van der Waals surface area contributed by atoms with Crippen molar-refractivity contribution in [3.05, 3.63) is 11.9 Å². The Kier molecular flexibility index (Phi) is 4.05. The number of nitrogens with one attached hydrogen (secondary N) is 1. The maximum absolute atomic E-state index is 4.67. The predicted octanol–water partition coefficient (Wildman–Crippen LogP) is 1.65. The molecule has 1 saturated heterocycles. The van der Waals surface area contributed by atoms with Gasteiger partial charge in [-0.1, -0.05) is 0 Å². The molecular weight excluding hydrogens is 212 g/mol. The molecule has 2 heterocycles. The summed E-state index contributed by atoms with van der Waals surface area (Å²) in [6, 6.07) is 0. The lowest BCUT2D eigenvalue weighted by Crippen LogP contribution is -2.40. The summed E-state index contributed by atoms with van der Waals surface area (Å²) in [5.74, 6) is 1.92. The van der Waals surface area contributed by atoms with Crippen LogP contribution in [0.2, 0.25) is 0 Å². The minimum atomic E-state index is 0.760. The maximum Gasteiger partial charge on any atom is 0.205 e. The molecule has 1 fully saturated rings. The van der Waals surface area contributed by atoms with Crippen LogP contribution < -0.4 is 10.2 Å². The van der Waals surface area contributed by atoms with Gasteiger partial charge in [0.1, 0.15) is 0 Å². The van der Waals surface area contributed by atoms with Crippen LogP contribution in [-0.2, 0) is 6.54 Å². The largest absolute Gasteiger partial charge is 0.342 e. The van der Waals surface area contributed by atoms with Crippen LogP contribution in [-0.4, -0.2) is 36.2 Å². The highest BCUT2D eigenvalue weighted by molar-refractivity contribution is 5.34. The van der Waals surface area contributed by atoms with Crippen molar-refractivity contribution in [3.63, 3.8) is 0 Å². The van der Waals surface area contributed by atoms with E-state index in [4.69, 9.17) is 0 Å². The molecule has 0 amide bonds. The summed E-state index contributed by atoms with van der Waals surface area (Å²) in [5, 5.41) is 3.29. The fourth-order valence-corrected chi connectivity index (χ4v) is 2.72. The van der Waals surface area contributed by atoms with Crippen molar-refractivity contribution in [2.24, 2.45) is 5.92 Å². The second kappa shape index (κ2) is 5.54. The van der Waals surface area contributed by atoms with Crippen molar-refractivity contribution in [2.45, 2.75) is 33.2 Å². The highest BCUT2D eigenvalue weighted by Crippen LogP contribution is 2.22. The first-order valence-electron chi connectivity index (χ1n) is 6.68. The number of rotatable bonds is 4. The molecule has 1 aliphatic rings. The van der Waals surface area contributed by atoms with Gasteiger partial charge in [-0.05, 0) is 46.2 Å². The van der Waals surface area contributed by atoms with Crippen molar-refractivity contribution in [3.8, 4) is 0 Å². The van der Waals surface area contributed by atoms with Gasteiger partial charge in [-0.2, -0.15) is 0 Å². The molecule has 96 valence electrons. The van der Waals surface area contributed by atoms with Crippen LogP contribution >= 0.6 is 0 Å². The molecule has 1 unspecified atom stereocenters. The van der Waals surface area contributed by atoms with Crippen molar-refractivity contribution >= 4 is 5.95 Å². The third-order valence-electron chi connectivity index (χ3n) is 3.51. The molecule has 17 heavy (non-hydrogen) atoms. The summed E-state index contributed by atoms with van der Waals surface area (Å²) in [5.41, 5.74) is 1.12. The zero-order chi connectivity index (χ0) is 12.3. The molecule has 1 aromatic rings. The number of aromatic nitrogens is 2. The van der Waals surface area contributed by atoms with E-state index in [1.165, 1.54) is 12.8 Å². The summed E-state index contributed by atoms with van der Waals surface area (Å²) >= 11 is 0. The van der Waals surface area contributed by atoms with E-state index >= 15 is 0 Å². The Hall–Kier alpha value is -1.03. The smallest absolute Gasteiger partial charge is 0.205 e. The summed E-state index contributed by atoms with van der Waals surface area (Å²) in [6.07, 6.45) is 4.77. The van der Waals surface area contributed by atoms with Gasteiger partial charge in [0.05, 0.1) is 5.69 Å². The molecule has 4 heteroatoms. The van der Waals surface area contributed by atoms with Gasteiger partial charge in [0.2, 0.25) is 5.95 Å². The monoisotopic (exact) mass is 236 g/mol. The third-order valence-corrected chi connectivity index (χ3v) is 3.51. The van der Waals surface area contributed by atoms with E-state index < -0.39 is 0 Å². The molecule has 0 spiro atoms. The molecule has 0 aliphatic carbocycles. The SMILES string of the molecule is CCn1cc(C)nc1N1CCCC(CNC)C1. The molecule has 0 bridgehead atoms. The lowest BCUT2D eigenvalue weighted by molar-refractivity contribution is 0.397. The summed E-state index contributed by atoms with van der Waals surface area (Å²) in [4.78, 5) is 7.11. The highest BCUT2D eigenvalue weighted by Gasteiger charge is 2.22. The molecule has 0 aromatic carbocycles. The van der Waals surface area contributed by atoms with E-state index in [-0.39, 0.29) is 0 Å². The average molecular weight is 236 g/mol. The summed E-state index contributed by atoms with van der Waals surface area (Å²) < 4.78 is 2.26. The number of imidazole rings is 1. The lowest BCUT2D eigenvalue weighted by atomic mass is 9.98. The van der Waals surface area contributed by atoms with Crippen LogP contribution in [0.25, 0.3) is 0 Å². The fraction of sp³-hybridized carbons (Fsp3) is 0.769. The van der Waals surface area contributed by atoms with E-state index in [0.717, 1.165) is 43.7 Å². The minimum Gasteiger partial charge on any atom is -0.342 e. The highest BCUT2D eigenvalue weighted by atomic mass is 15.3. The lowest BCUT2D eigenvalue weighted by Gasteiger charge is -2.33. The Balaban J connectivity index is 2.10. The molecule has 2 rings (SSSR count). The summed E-state index contributed by atoms with van der Waals surface area (Å²) in [7, 11) is 2.04. The maximum atomic E-state index is 4.67. The Morgan fingerprint density at radius 3 is 3.06 bits per heavy atom. The number of anilines is 1. The van der Waals surface area contributed by atoms with E-state index in [9.17, 15) is 0 Å². The van der Waals surface area contributed by atoms with Crippen molar-refractivity contribution in [1.29, 1.82) is 0 Å². The number of piperidine rings is 1. The van der Waals surface area contributed by atoms with Crippen LogP contribution in [0.3, 0.4) is 0 Å². The Labute approximate surface area is 104 Å². The second-order valence-corrected chi connectivity index (χ2v) is 4.98. The Bertz CT molecular complexity index is 356. The zero-order valence-corrected chi connectivity index (χ0v) is 11.2. The predicted molar refractivity (Wildman–Crippen MR) is 71.5 cm³/mol. The van der Waals surface area contributed by atoms with Crippen LogP contribution in [0.5, 0.6) is 0 Å². The van der Waals surface area contributed by atoms with Gasteiger partial charge >= 0.3 is 0 Å². The van der Waals surface area contributed by atoms with E-state index in [1.54, 1.807) is 0 Å².